The van der Waals surface area contributed by atoms with Crippen molar-refractivity contribution >= 4 is 27.3 Å². The summed E-state index contributed by atoms with van der Waals surface area (Å²) < 4.78 is 85.3. The fraction of sp³-hybridized carbons (Fsp3) is 0.409. The molecule has 2 aliphatic rings. The maximum absolute atomic E-state index is 14.9. The van der Waals surface area contributed by atoms with Gasteiger partial charge in [0.2, 0.25) is 0 Å². The molecule has 2 N–H and O–H groups in total. The number of H-pyrrole nitrogens is 1. The SMILES string of the molecule is O=C(c1ccc(S(F)(F)(F)(F)F)cc1)N1CCC(c2c(F)cnc3nc([C@H]4CNCCO4)[nH]c23)CC1. The predicted molar refractivity (Wildman–Crippen MR) is 121 cm³/mol. The summed E-state index contributed by atoms with van der Waals surface area (Å²) >= 11 is 0. The van der Waals surface area contributed by atoms with Crippen LogP contribution in [0.4, 0.5) is 23.8 Å². The summed E-state index contributed by atoms with van der Waals surface area (Å²) in [5.74, 6) is -0.794. The molecule has 7 nitrogen and oxygen atoms in total. The third-order valence-corrected chi connectivity index (χ3v) is 7.66. The number of piperidine rings is 1. The Bertz CT molecular complexity index is 1300. The summed E-state index contributed by atoms with van der Waals surface area (Å²) in [4.78, 5) is 23.8. The topological polar surface area (TPSA) is 83.1 Å². The normalized spacial score (nSPS) is 21.8. The lowest BCUT2D eigenvalue weighted by Gasteiger charge is -2.40. The predicted octanol–water partition coefficient (Wildman–Crippen LogP) is 5.44. The van der Waals surface area contributed by atoms with E-state index >= 15 is 0 Å². The van der Waals surface area contributed by atoms with E-state index in [1.165, 1.54) is 4.90 Å². The number of carbonyl (C=O) groups is 1. The maximum atomic E-state index is 14.9. The van der Waals surface area contributed by atoms with Gasteiger partial charge in [-0.05, 0) is 43.0 Å². The Morgan fingerprint density at radius 1 is 1.08 bits per heavy atom. The zero-order chi connectivity index (χ0) is 25.8. The first kappa shape index (κ1) is 24.8. The number of carbonyl (C=O) groups excluding carboxylic acids is 1. The molecule has 0 aliphatic carbocycles. The highest BCUT2D eigenvalue weighted by molar-refractivity contribution is 8.45. The summed E-state index contributed by atoms with van der Waals surface area (Å²) in [6, 6.07) is 1.96. The van der Waals surface area contributed by atoms with Gasteiger partial charge in [0.25, 0.3) is 5.91 Å². The van der Waals surface area contributed by atoms with Gasteiger partial charge in [0.15, 0.2) is 5.65 Å². The first-order valence-corrected chi connectivity index (χ1v) is 13.2. The van der Waals surface area contributed by atoms with Gasteiger partial charge in [-0.3, -0.25) is 4.79 Å². The van der Waals surface area contributed by atoms with Gasteiger partial charge in [-0.15, -0.1) is 0 Å². The standard InChI is InChI=1S/C22H23F6N5O2S/c23-16-11-30-21-19(31-20(32-21)17-12-29-7-10-35-17)18(16)13-5-8-33(9-6-13)22(34)14-1-3-15(4-2-14)36(24,25,26,27)28/h1-4,11,13,17,29H,5-10,12H2,(H,30,31,32)/t17-/m1/s1. The molecule has 2 fully saturated rings. The van der Waals surface area contributed by atoms with Gasteiger partial charge in [0, 0.05) is 37.3 Å². The van der Waals surface area contributed by atoms with Crippen molar-refractivity contribution in [2.45, 2.75) is 29.8 Å². The number of rotatable bonds is 4. The van der Waals surface area contributed by atoms with Crippen molar-refractivity contribution in [3.8, 4) is 0 Å². The van der Waals surface area contributed by atoms with Crippen LogP contribution in [0.2, 0.25) is 0 Å². The number of hydrogen-bond acceptors (Lipinski definition) is 5. The van der Waals surface area contributed by atoms with Crippen LogP contribution in [0.3, 0.4) is 0 Å². The molecule has 2 saturated heterocycles. The number of morpholine rings is 1. The molecule has 2 aliphatic heterocycles. The Morgan fingerprint density at radius 2 is 1.78 bits per heavy atom. The van der Waals surface area contributed by atoms with E-state index in [4.69, 9.17) is 4.74 Å². The lowest BCUT2D eigenvalue weighted by Crippen LogP contribution is -2.38. The van der Waals surface area contributed by atoms with E-state index in [-0.39, 0.29) is 42.8 Å². The van der Waals surface area contributed by atoms with Gasteiger partial charge >= 0.3 is 10.2 Å². The van der Waals surface area contributed by atoms with Crippen molar-refractivity contribution in [1.82, 2.24) is 25.2 Å². The molecule has 36 heavy (non-hydrogen) atoms. The lowest BCUT2D eigenvalue weighted by molar-refractivity contribution is 0.0228. The number of aromatic amines is 1. The number of fused-ring (bicyclic) bond motifs is 1. The van der Waals surface area contributed by atoms with E-state index < -0.39 is 26.8 Å². The largest absolute Gasteiger partial charge is 0.368 e. The van der Waals surface area contributed by atoms with Crippen LogP contribution in [0, 0.1) is 5.82 Å². The van der Waals surface area contributed by atoms with Crippen molar-refractivity contribution < 1.29 is 33.4 Å². The summed E-state index contributed by atoms with van der Waals surface area (Å²) in [6.45, 7) is 2.23. The third kappa shape index (κ3) is 4.89. The number of nitrogens with one attached hydrogen (secondary N) is 2. The summed E-state index contributed by atoms with van der Waals surface area (Å²) in [5, 5.41) is 3.20. The van der Waals surface area contributed by atoms with Crippen LogP contribution < -0.4 is 5.32 Å². The van der Waals surface area contributed by atoms with E-state index in [0.717, 1.165) is 24.9 Å². The van der Waals surface area contributed by atoms with Crippen molar-refractivity contribution in [1.29, 1.82) is 0 Å². The summed E-state index contributed by atoms with van der Waals surface area (Å²) in [6.07, 6.45) is 1.58. The number of imidazole rings is 1. The van der Waals surface area contributed by atoms with Crippen molar-refractivity contribution in [2.75, 3.05) is 32.8 Å². The fourth-order valence-corrected chi connectivity index (χ4v) is 5.32. The molecular formula is C22H23F6N5O2S. The molecule has 0 radical (unpaired) electrons. The van der Waals surface area contributed by atoms with Crippen LogP contribution in [0.25, 0.3) is 11.2 Å². The summed E-state index contributed by atoms with van der Waals surface area (Å²) in [5.41, 5.74) is 1.11. The third-order valence-electron chi connectivity index (χ3n) is 6.50. The Kier molecular flexibility index (Phi) is 5.58. The molecule has 1 aromatic carbocycles. The van der Waals surface area contributed by atoms with Crippen LogP contribution in [0.5, 0.6) is 0 Å². The average Bonchev–Trinajstić information content (AvgIpc) is 3.27. The number of halogens is 6. The highest BCUT2D eigenvalue weighted by Gasteiger charge is 2.65. The van der Waals surface area contributed by atoms with E-state index in [2.05, 4.69) is 20.3 Å². The van der Waals surface area contributed by atoms with Gasteiger partial charge < -0.3 is 19.9 Å². The van der Waals surface area contributed by atoms with Gasteiger partial charge in [-0.1, -0.05) is 19.4 Å². The van der Waals surface area contributed by atoms with E-state index in [0.29, 0.717) is 48.5 Å². The quantitative estimate of drug-likeness (QED) is 0.435. The number of aromatic nitrogens is 3. The zero-order valence-corrected chi connectivity index (χ0v) is 19.6. The zero-order valence-electron chi connectivity index (χ0n) is 18.8. The molecule has 2 aromatic heterocycles. The van der Waals surface area contributed by atoms with Crippen LogP contribution >= 0.6 is 10.2 Å². The maximum Gasteiger partial charge on any atom is 0.310 e. The van der Waals surface area contributed by atoms with Crippen molar-refractivity contribution in [3.05, 3.63) is 53.2 Å². The second-order valence-electron chi connectivity index (χ2n) is 8.96. The Labute approximate surface area is 202 Å². The minimum atomic E-state index is -9.81. The number of amides is 1. The molecule has 5 rings (SSSR count). The average molecular weight is 536 g/mol. The first-order chi connectivity index (χ1) is 16.8. The second kappa shape index (κ2) is 8.08. The van der Waals surface area contributed by atoms with Gasteiger partial charge in [0.1, 0.15) is 22.6 Å². The Hall–Kier alpha value is -2.84. The minimum absolute atomic E-state index is 0.129. The van der Waals surface area contributed by atoms with Crippen LogP contribution in [-0.2, 0) is 4.74 Å². The van der Waals surface area contributed by atoms with Gasteiger partial charge in [0.05, 0.1) is 18.3 Å². The molecule has 0 bridgehead atoms. The number of hydrogen-bond donors (Lipinski definition) is 2. The van der Waals surface area contributed by atoms with Gasteiger partial charge in [-0.25, -0.2) is 14.4 Å². The van der Waals surface area contributed by atoms with E-state index in [1.807, 2.05) is 0 Å². The molecular weight excluding hydrogens is 512 g/mol. The molecule has 1 atom stereocenters. The van der Waals surface area contributed by atoms with Gasteiger partial charge in [-0.2, -0.15) is 0 Å². The molecule has 0 spiro atoms. The molecule has 3 aromatic rings. The highest BCUT2D eigenvalue weighted by atomic mass is 32.5. The summed E-state index contributed by atoms with van der Waals surface area (Å²) in [7, 11) is -9.81. The molecule has 0 unspecified atom stereocenters. The molecule has 196 valence electrons. The van der Waals surface area contributed by atoms with Crippen LogP contribution in [-0.4, -0.2) is 58.5 Å². The van der Waals surface area contributed by atoms with E-state index in [9.17, 15) is 28.6 Å². The first-order valence-electron chi connectivity index (χ1n) is 11.3. The smallest absolute Gasteiger partial charge is 0.310 e. The molecule has 14 heteroatoms. The fourth-order valence-electron chi connectivity index (χ4n) is 4.67. The number of likely N-dealkylation sites (tertiary alicyclic amines) is 1. The Balaban J connectivity index is 1.31. The molecule has 0 saturated carbocycles. The highest BCUT2D eigenvalue weighted by Crippen LogP contribution is 3.02. The van der Waals surface area contributed by atoms with Crippen molar-refractivity contribution in [3.63, 3.8) is 0 Å². The number of ether oxygens (including phenoxy) is 1. The minimum Gasteiger partial charge on any atom is -0.368 e. The lowest BCUT2D eigenvalue weighted by atomic mass is 9.88. The Morgan fingerprint density at radius 3 is 2.39 bits per heavy atom. The van der Waals surface area contributed by atoms with Crippen molar-refractivity contribution in [2.24, 2.45) is 0 Å². The number of pyridine rings is 1. The molecule has 4 heterocycles. The van der Waals surface area contributed by atoms with E-state index in [1.54, 1.807) is 0 Å². The number of nitrogens with zero attached hydrogens (tertiary/aromatic N) is 3. The second-order valence-corrected chi connectivity index (χ2v) is 11.4. The monoisotopic (exact) mass is 535 g/mol. The van der Waals surface area contributed by atoms with Crippen LogP contribution in [0.1, 0.15) is 46.6 Å². The van der Waals surface area contributed by atoms with Crippen LogP contribution in [0.15, 0.2) is 35.4 Å². The molecule has 1 amide bonds. The number of benzene rings is 1.